The first-order chi connectivity index (χ1) is 10.1. The van der Waals surface area contributed by atoms with Crippen LogP contribution >= 0.6 is 15.9 Å². The lowest BCUT2D eigenvalue weighted by Crippen LogP contribution is -2.46. The maximum atomic E-state index is 13.7. The molecule has 2 unspecified atom stereocenters. The maximum Gasteiger partial charge on any atom is 0.137 e. The van der Waals surface area contributed by atoms with E-state index in [0.717, 1.165) is 51.1 Å². The fraction of sp³-hybridized carbons (Fsp3) is 0.625. The normalized spacial score (nSPS) is 26.7. The van der Waals surface area contributed by atoms with Gasteiger partial charge in [-0.2, -0.15) is 0 Å². The van der Waals surface area contributed by atoms with Gasteiger partial charge in [-0.25, -0.2) is 4.39 Å². The Balaban J connectivity index is 1.78. The van der Waals surface area contributed by atoms with E-state index < -0.39 is 0 Å². The van der Waals surface area contributed by atoms with Crippen molar-refractivity contribution >= 4 is 15.9 Å². The molecular weight excluding hydrogens is 337 g/mol. The largest absolute Gasteiger partial charge is 0.381 e. The van der Waals surface area contributed by atoms with Crippen molar-refractivity contribution in [2.24, 2.45) is 11.7 Å². The minimum Gasteiger partial charge on any atom is -0.381 e. The zero-order chi connectivity index (χ0) is 14.9. The van der Waals surface area contributed by atoms with Crippen molar-refractivity contribution in [1.29, 1.82) is 0 Å². The lowest BCUT2D eigenvalue weighted by molar-refractivity contribution is -0.149. The number of benzene rings is 1. The van der Waals surface area contributed by atoms with Crippen molar-refractivity contribution < 1.29 is 13.9 Å². The first-order valence-electron chi connectivity index (χ1n) is 7.52. The molecule has 0 bridgehead atoms. The summed E-state index contributed by atoms with van der Waals surface area (Å²) in [7, 11) is 0. The van der Waals surface area contributed by atoms with E-state index in [1.54, 1.807) is 6.07 Å². The van der Waals surface area contributed by atoms with Crippen LogP contribution in [-0.4, -0.2) is 25.4 Å². The fourth-order valence-corrected chi connectivity index (χ4v) is 4.02. The highest BCUT2D eigenvalue weighted by Gasteiger charge is 2.41. The molecule has 1 aromatic rings. The first kappa shape index (κ1) is 15.4. The number of hydrogen-bond acceptors (Lipinski definition) is 3. The Morgan fingerprint density at radius 2 is 2.05 bits per heavy atom. The van der Waals surface area contributed by atoms with Gasteiger partial charge >= 0.3 is 0 Å². The van der Waals surface area contributed by atoms with Gasteiger partial charge in [-0.05, 0) is 59.2 Å². The van der Waals surface area contributed by atoms with Crippen LogP contribution in [0.3, 0.4) is 0 Å². The fourth-order valence-electron chi connectivity index (χ4n) is 3.50. The van der Waals surface area contributed by atoms with E-state index in [-0.39, 0.29) is 17.5 Å². The van der Waals surface area contributed by atoms with E-state index in [2.05, 4.69) is 15.9 Å². The van der Waals surface area contributed by atoms with Crippen molar-refractivity contribution in [2.45, 2.75) is 37.3 Å². The van der Waals surface area contributed by atoms with Crippen LogP contribution in [0.5, 0.6) is 0 Å². The van der Waals surface area contributed by atoms with E-state index >= 15 is 0 Å². The van der Waals surface area contributed by atoms with Crippen molar-refractivity contribution in [3.8, 4) is 0 Å². The Kier molecular flexibility index (Phi) is 4.64. The third-order valence-corrected chi connectivity index (χ3v) is 5.62. The molecule has 2 saturated heterocycles. The van der Waals surface area contributed by atoms with E-state index in [1.807, 2.05) is 6.07 Å². The van der Waals surface area contributed by atoms with Gasteiger partial charge in [0.25, 0.3) is 0 Å². The second kappa shape index (κ2) is 6.32. The molecule has 0 aromatic heterocycles. The quantitative estimate of drug-likeness (QED) is 0.879. The molecule has 0 saturated carbocycles. The van der Waals surface area contributed by atoms with Gasteiger partial charge in [-0.1, -0.05) is 12.1 Å². The summed E-state index contributed by atoms with van der Waals surface area (Å²) in [6.45, 7) is 2.24. The molecule has 0 amide bonds. The predicted octanol–water partition coefficient (Wildman–Crippen LogP) is 3.56. The van der Waals surface area contributed by atoms with Gasteiger partial charge in [-0.15, -0.1) is 0 Å². The van der Waals surface area contributed by atoms with Gasteiger partial charge in [0.1, 0.15) is 5.82 Å². The molecule has 21 heavy (non-hydrogen) atoms. The first-order valence-corrected chi connectivity index (χ1v) is 8.32. The second-order valence-corrected chi connectivity index (χ2v) is 6.86. The topological polar surface area (TPSA) is 44.5 Å². The summed E-state index contributed by atoms with van der Waals surface area (Å²) in [4.78, 5) is 0. The van der Waals surface area contributed by atoms with Gasteiger partial charge in [0, 0.05) is 25.9 Å². The lowest BCUT2D eigenvalue weighted by Gasteiger charge is -2.44. The highest BCUT2D eigenvalue weighted by molar-refractivity contribution is 9.10. The van der Waals surface area contributed by atoms with Gasteiger partial charge in [0.2, 0.25) is 0 Å². The third kappa shape index (κ3) is 3.16. The van der Waals surface area contributed by atoms with E-state index in [9.17, 15) is 4.39 Å². The highest BCUT2D eigenvalue weighted by atomic mass is 79.9. The van der Waals surface area contributed by atoms with Gasteiger partial charge in [-0.3, -0.25) is 0 Å². The molecule has 2 heterocycles. The van der Waals surface area contributed by atoms with Gasteiger partial charge in [0.05, 0.1) is 10.1 Å². The number of ether oxygens (including phenoxy) is 2. The summed E-state index contributed by atoms with van der Waals surface area (Å²) in [5.41, 5.74) is 7.21. The summed E-state index contributed by atoms with van der Waals surface area (Å²) in [5, 5.41) is 0. The molecule has 2 fully saturated rings. The Hall–Kier alpha value is -0.490. The van der Waals surface area contributed by atoms with Crippen LogP contribution in [0.2, 0.25) is 0 Å². The van der Waals surface area contributed by atoms with Crippen LogP contribution in [0, 0.1) is 11.7 Å². The third-order valence-electron chi connectivity index (χ3n) is 4.78. The van der Waals surface area contributed by atoms with Crippen molar-refractivity contribution in [3.05, 3.63) is 34.1 Å². The minimum atomic E-state index is -0.254. The summed E-state index contributed by atoms with van der Waals surface area (Å²) in [6.07, 6.45) is 3.72. The average molecular weight is 358 g/mol. The van der Waals surface area contributed by atoms with Gasteiger partial charge < -0.3 is 15.2 Å². The SMILES string of the molecule is NC(c1cccc(F)c1Br)C1CCOC2(CCOCC2)C1. The minimum absolute atomic E-state index is 0.0847. The molecule has 1 aromatic carbocycles. The van der Waals surface area contributed by atoms with Crippen molar-refractivity contribution in [1.82, 2.24) is 0 Å². The zero-order valence-electron chi connectivity index (χ0n) is 12.0. The second-order valence-electron chi connectivity index (χ2n) is 6.07. The summed E-state index contributed by atoms with van der Waals surface area (Å²) < 4.78 is 25.7. The molecule has 116 valence electrons. The molecular formula is C16H21BrFNO2. The zero-order valence-corrected chi connectivity index (χ0v) is 13.6. The standard InChI is InChI=1S/C16H21BrFNO2/c17-14-12(2-1-3-13(14)18)15(19)11-4-7-21-16(10-11)5-8-20-9-6-16/h1-3,11,15H,4-10,19H2. The molecule has 0 aliphatic carbocycles. The van der Waals surface area contributed by atoms with Crippen LogP contribution in [-0.2, 0) is 9.47 Å². The van der Waals surface area contributed by atoms with Crippen LogP contribution in [0.25, 0.3) is 0 Å². The molecule has 2 aliphatic rings. The predicted molar refractivity (Wildman–Crippen MR) is 82.5 cm³/mol. The Morgan fingerprint density at radius 3 is 2.81 bits per heavy atom. The highest BCUT2D eigenvalue weighted by Crippen LogP contribution is 2.42. The van der Waals surface area contributed by atoms with E-state index in [4.69, 9.17) is 15.2 Å². The lowest BCUT2D eigenvalue weighted by atomic mass is 9.76. The summed E-state index contributed by atoms with van der Waals surface area (Å²) in [6, 6.07) is 4.91. The number of halogens is 2. The van der Waals surface area contributed by atoms with Crippen LogP contribution in [0.1, 0.15) is 37.3 Å². The van der Waals surface area contributed by atoms with E-state index in [0.29, 0.717) is 10.4 Å². The Morgan fingerprint density at radius 1 is 1.29 bits per heavy atom. The van der Waals surface area contributed by atoms with E-state index in [1.165, 1.54) is 6.07 Å². The molecule has 0 radical (unpaired) electrons. The summed E-state index contributed by atoms with van der Waals surface area (Å²) in [5.74, 6) is 0.0609. The molecule has 5 heteroatoms. The Labute approximate surface area is 133 Å². The van der Waals surface area contributed by atoms with Crippen LogP contribution in [0.4, 0.5) is 4.39 Å². The number of rotatable bonds is 2. The monoisotopic (exact) mass is 357 g/mol. The van der Waals surface area contributed by atoms with Gasteiger partial charge in [0.15, 0.2) is 0 Å². The molecule has 2 aliphatic heterocycles. The molecule has 2 N–H and O–H groups in total. The molecule has 1 spiro atoms. The van der Waals surface area contributed by atoms with Crippen molar-refractivity contribution in [2.75, 3.05) is 19.8 Å². The molecule has 3 rings (SSSR count). The average Bonchev–Trinajstić information content (AvgIpc) is 2.50. The maximum absolute atomic E-state index is 13.7. The number of nitrogens with two attached hydrogens (primary N) is 1. The van der Waals surface area contributed by atoms with Crippen molar-refractivity contribution in [3.63, 3.8) is 0 Å². The summed E-state index contributed by atoms with van der Waals surface area (Å²) >= 11 is 3.33. The molecule has 2 atom stereocenters. The number of hydrogen-bond donors (Lipinski definition) is 1. The van der Waals surface area contributed by atoms with Crippen LogP contribution in [0.15, 0.2) is 22.7 Å². The van der Waals surface area contributed by atoms with Crippen LogP contribution < -0.4 is 5.73 Å². The molecule has 3 nitrogen and oxygen atoms in total. The smallest absolute Gasteiger partial charge is 0.137 e. The Bertz CT molecular complexity index is 500.